The minimum Gasteiger partial charge on any atom is -0.467 e. The van der Waals surface area contributed by atoms with Crippen LogP contribution in [0.25, 0.3) is 0 Å². The van der Waals surface area contributed by atoms with Gasteiger partial charge in [-0.05, 0) is 11.6 Å². The molecule has 0 saturated carbocycles. The number of carbonyl (C=O) groups excluding carboxylic acids is 1. The zero-order chi connectivity index (χ0) is 15.4. The van der Waals surface area contributed by atoms with E-state index in [0.29, 0.717) is 31.8 Å². The molecule has 1 unspecified atom stereocenters. The molecule has 0 aliphatic carbocycles. The Labute approximate surface area is 120 Å². The fraction of sp³-hybridized carbons (Fsp3) is 0.462. The SMILES string of the molecule is COC(=O)C1CN(Cc2ccc([N+](=O)[O-])c(F)c2)CCO1. The van der Waals surface area contributed by atoms with Crippen LogP contribution in [-0.2, 0) is 20.8 Å². The van der Waals surface area contributed by atoms with Crippen LogP contribution in [-0.4, -0.2) is 48.7 Å². The number of morpholine rings is 1. The topological polar surface area (TPSA) is 81.9 Å². The zero-order valence-corrected chi connectivity index (χ0v) is 11.5. The summed E-state index contributed by atoms with van der Waals surface area (Å²) in [6.45, 7) is 1.68. The number of nitro groups is 1. The first kappa shape index (κ1) is 15.3. The summed E-state index contributed by atoms with van der Waals surface area (Å²) in [6, 6.07) is 3.79. The summed E-state index contributed by atoms with van der Waals surface area (Å²) >= 11 is 0. The summed E-state index contributed by atoms with van der Waals surface area (Å²) in [7, 11) is 1.29. The molecule has 1 aromatic carbocycles. The van der Waals surface area contributed by atoms with Gasteiger partial charge in [-0.3, -0.25) is 15.0 Å². The molecule has 1 fully saturated rings. The number of benzene rings is 1. The normalized spacial score (nSPS) is 19.2. The number of ether oxygens (including phenoxy) is 2. The summed E-state index contributed by atoms with van der Waals surface area (Å²) < 4.78 is 23.5. The van der Waals surface area contributed by atoms with Crippen molar-refractivity contribution in [2.45, 2.75) is 12.6 Å². The van der Waals surface area contributed by atoms with Gasteiger partial charge in [0.15, 0.2) is 6.10 Å². The van der Waals surface area contributed by atoms with E-state index in [9.17, 15) is 19.3 Å². The Morgan fingerprint density at radius 1 is 1.62 bits per heavy atom. The Kier molecular flexibility index (Phi) is 4.81. The van der Waals surface area contributed by atoms with Crippen molar-refractivity contribution in [3.63, 3.8) is 0 Å². The van der Waals surface area contributed by atoms with Crippen molar-refractivity contribution in [1.82, 2.24) is 4.90 Å². The molecule has 2 rings (SSSR count). The molecular weight excluding hydrogens is 283 g/mol. The molecule has 1 atom stereocenters. The molecule has 0 radical (unpaired) electrons. The second kappa shape index (κ2) is 6.59. The molecular formula is C13H15FN2O5. The van der Waals surface area contributed by atoms with Crippen molar-refractivity contribution in [3.8, 4) is 0 Å². The van der Waals surface area contributed by atoms with Gasteiger partial charge in [0.05, 0.1) is 18.6 Å². The molecule has 7 nitrogen and oxygen atoms in total. The standard InChI is InChI=1S/C13H15FN2O5/c1-20-13(17)12-8-15(4-5-21-12)7-9-2-3-11(16(18)19)10(14)6-9/h2-3,6,12H,4-5,7-8H2,1H3. The highest BCUT2D eigenvalue weighted by Crippen LogP contribution is 2.19. The average molecular weight is 298 g/mol. The molecule has 0 N–H and O–H groups in total. The Balaban J connectivity index is 2.03. The lowest BCUT2D eigenvalue weighted by Crippen LogP contribution is -2.46. The molecule has 0 aromatic heterocycles. The Morgan fingerprint density at radius 3 is 3.00 bits per heavy atom. The lowest BCUT2D eigenvalue weighted by atomic mass is 10.1. The maximum atomic E-state index is 13.6. The van der Waals surface area contributed by atoms with E-state index in [-0.39, 0.29) is 0 Å². The highest BCUT2D eigenvalue weighted by Gasteiger charge is 2.27. The van der Waals surface area contributed by atoms with Gasteiger partial charge in [0, 0.05) is 25.7 Å². The second-order valence-corrected chi connectivity index (χ2v) is 4.66. The first-order valence-corrected chi connectivity index (χ1v) is 6.36. The summed E-state index contributed by atoms with van der Waals surface area (Å²) in [4.78, 5) is 23.1. The number of nitro benzene ring substituents is 1. The molecule has 8 heteroatoms. The van der Waals surface area contributed by atoms with E-state index >= 15 is 0 Å². The predicted octanol–water partition coefficient (Wildman–Crippen LogP) is 1.11. The van der Waals surface area contributed by atoms with Gasteiger partial charge < -0.3 is 9.47 Å². The van der Waals surface area contributed by atoms with E-state index in [2.05, 4.69) is 4.74 Å². The number of hydrogen-bond acceptors (Lipinski definition) is 6. The van der Waals surface area contributed by atoms with E-state index in [1.165, 1.54) is 13.2 Å². The first-order chi connectivity index (χ1) is 10.0. The molecule has 1 aliphatic rings. The molecule has 1 saturated heterocycles. The maximum absolute atomic E-state index is 13.6. The van der Waals surface area contributed by atoms with Crippen LogP contribution >= 0.6 is 0 Å². The number of methoxy groups -OCH3 is 1. The maximum Gasteiger partial charge on any atom is 0.336 e. The minimum absolute atomic E-state index is 0.339. The molecule has 0 amide bonds. The molecule has 1 heterocycles. The first-order valence-electron chi connectivity index (χ1n) is 6.36. The lowest BCUT2D eigenvalue weighted by Gasteiger charge is -2.31. The van der Waals surface area contributed by atoms with Crippen molar-refractivity contribution in [2.75, 3.05) is 26.8 Å². The lowest BCUT2D eigenvalue weighted by molar-refractivity contribution is -0.387. The predicted molar refractivity (Wildman–Crippen MR) is 70.1 cm³/mol. The number of carbonyl (C=O) groups is 1. The third-order valence-electron chi connectivity index (χ3n) is 3.23. The molecule has 0 spiro atoms. The third kappa shape index (κ3) is 3.73. The van der Waals surface area contributed by atoms with Crippen molar-refractivity contribution < 1.29 is 23.6 Å². The van der Waals surface area contributed by atoms with E-state index in [1.54, 1.807) is 0 Å². The number of hydrogen-bond donors (Lipinski definition) is 0. The molecule has 0 bridgehead atoms. The summed E-state index contributed by atoms with van der Waals surface area (Å²) in [5.41, 5.74) is 0.0526. The van der Waals surface area contributed by atoms with Gasteiger partial charge in [-0.2, -0.15) is 4.39 Å². The largest absolute Gasteiger partial charge is 0.467 e. The van der Waals surface area contributed by atoms with Crippen molar-refractivity contribution in [1.29, 1.82) is 0 Å². The highest BCUT2D eigenvalue weighted by molar-refractivity contribution is 5.74. The number of nitrogens with zero attached hydrogens (tertiary/aromatic N) is 2. The van der Waals surface area contributed by atoms with Crippen LogP contribution in [0.3, 0.4) is 0 Å². The summed E-state index contributed by atoms with van der Waals surface area (Å²) in [5.74, 6) is -1.31. The quantitative estimate of drug-likeness (QED) is 0.470. The number of halogens is 1. The van der Waals surface area contributed by atoms with Crippen LogP contribution in [0.4, 0.5) is 10.1 Å². The molecule has 1 aliphatic heterocycles. The Hall–Kier alpha value is -2.06. The van der Waals surface area contributed by atoms with Gasteiger partial charge >= 0.3 is 11.7 Å². The van der Waals surface area contributed by atoms with Gasteiger partial charge in [0.1, 0.15) is 0 Å². The van der Waals surface area contributed by atoms with Gasteiger partial charge in [0.25, 0.3) is 0 Å². The van der Waals surface area contributed by atoms with Gasteiger partial charge in [-0.25, -0.2) is 4.79 Å². The van der Waals surface area contributed by atoms with E-state index in [4.69, 9.17) is 4.74 Å². The van der Waals surface area contributed by atoms with Crippen LogP contribution < -0.4 is 0 Å². The fourth-order valence-electron chi connectivity index (χ4n) is 2.18. The second-order valence-electron chi connectivity index (χ2n) is 4.66. The zero-order valence-electron chi connectivity index (χ0n) is 11.5. The smallest absolute Gasteiger partial charge is 0.336 e. The van der Waals surface area contributed by atoms with Crippen molar-refractivity contribution in [2.24, 2.45) is 0 Å². The van der Waals surface area contributed by atoms with E-state index in [0.717, 1.165) is 12.1 Å². The molecule has 114 valence electrons. The molecule has 21 heavy (non-hydrogen) atoms. The Morgan fingerprint density at radius 2 is 2.38 bits per heavy atom. The number of rotatable bonds is 4. The van der Waals surface area contributed by atoms with Crippen molar-refractivity contribution in [3.05, 3.63) is 39.7 Å². The average Bonchev–Trinajstić information content (AvgIpc) is 2.46. The van der Waals surface area contributed by atoms with Crippen LogP contribution in [0.5, 0.6) is 0 Å². The number of esters is 1. The van der Waals surface area contributed by atoms with Crippen LogP contribution in [0, 0.1) is 15.9 Å². The van der Waals surface area contributed by atoms with Crippen LogP contribution in [0.15, 0.2) is 18.2 Å². The van der Waals surface area contributed by atoms with Crippen LogP contribution in [0.1, 0.15) is 5.56 Å². The fourth-order valence-corrected chi connectivity index (χ4v) is 2.18. The van der Waals surface area contributed by atoms with Gasteiger partial charge in [0.2, 0.25) is 5.82 Å². The summed E-state index contributed by atoms with van der Waals surface area (Å²) in [5, 5.41) is 10.6. The third-order valence-corrected chi connectivity index (χ3v) is 3.23. The minimum atomic E-state index is -0.865. The molecule has 1 aromatic rings. The monoisotopic (exact) mass is 298 g/mol. The van der Waals surface area contributed by atoms with Gasteiger partial charge in [-0.15, -0.1) is 0 Å². The van der Waals surface area contributed by atoms with Gasteiger partial charge in [-0.1, -0.05) is 6.07 Å². The highest BCUT2D eigenvalue weighted by atomic mass is 19.1. The Bertz CT molecular complexity index is 551. The van der Waals surface area contributed by atoms with Crippen molar-refractivity contribution >= 4 is 11.7 Å². The summed E-state index contributed by atoms with van der Waals surface area (Å²) in [6.07, 6.45) is -0.661. The van der Waals surface area contributed by atoms with E-state index < -0.39 is 28.5 Å². The van der Waals surface area contributed by atoms with Crippen LogP contribution in [0.2, 0.25) is 0 Å². The van der Waals surface area contributed by atoms with E-state index in [1.807, 2.05) is 4.90 Å².